The highest BCUT2D eigenvalue weighted by molar-refractivity contribution is 6.31. The summed E-state index contributed by atoms with van der Waals surface area (Å²) in [5, 5.41) is 0.743. The maximum Gasteiger partial charge on any atom is 0.0916 e. The molecule has 0 aliphatic heterocycles. The Kier molecular flexibility index (Phi) is 5.65. The molecule has 0 aliphatic carbocycles. The van der Waals surface area contributed by atoms with Crippen molar-refractivity contribution in [2.75, 3.05) is 20.3 Å². The number of hydroxylamine groups is 1. The van der Waals surface area contributed by atoms with Crippen molar-refractivity contribution in [3.05, 3.63) is 34.9 Å². The minimum Gasteiger partial charge on any atom is -0.382 e. The van der Waals surface area contributed by atoms with Crippen LogP contribution in [0.3, 0.4) is 0 Å². The average Bonchev–Trinajstić information content (AvgIpc) is 2.25. The van der Waals surface area contributed by atoms with Crippen LogP contribution < -0.4 is 5.48 Å². The van der Waals surface area contributed by atoms with E-state index in [2.05, 4.69) is 5.48 Å². The number of halogens is 1. The van der Waals surface area contributed by atoms with Crippen molar-refractivity contribution in [2.24, 2.45) is 0 Å². The molecular formula is C11H16ClNO2. The fourth-order valence-electron chi connectivity index (χ4n) is 1.20. The van der Waals surface area contributed by atoms with Crippen LogP contribution >= 0.6 is 11.6 Å². The molecule has 1 N–H and O–H groups in total. The van der Waals surface area contributed by atoms with Gasteiger partial charge in [0, 0.05) is 12.1 Å². The third-order valence-electron chi connectivity index (χ3n) is 2.02. The van der Waals surface area contributed by atoms with Gasteiger partial charge in [-0.05, 0) is 18.6 Å². The number of hydrogen-bond donors (Lipinski definition) is 1. The molecule has 0 heterocycles. The van der Waals surface area contributed by atoms with Crippen molar-refractivity contribution in [2.45, 2.75) is 13.0 Å². The molecule has 0 amide bonds. The van der Waals surface area contributed by atoms with Crippen LogP contribution in [0.5, 0.6) is 0 Å². The van der Waals surface area contributed by atoms with Gasteiger partial charge in [-0.1, -0.05) is 29.8 Å². The Balaban J connectivity index is 2.40. The maximum absolute atomic E-state index is 6.04. The van der Waals surface area contributed by atoms with Gasteiger partial charge in [0.05, 0.1) is 19.3 Å². The van der Waals surface area contributed by atoms with Crippen molar-refractivity contribution in [1.29, 1.82) is 0 Å². The van der Waals surface area contributed by atoms with Crippen LogP contribution in [0, 0.1) is 0 Å². The lowest BCUT2D eigenvalue weighted by molar-refractivity contribution is -0.00923. The Hall–Kier alpha value is -0.610. The third kappa shape index (κ3) is 4.18. The molecule has 1 rings (SSSR count). The summed E-state index contributed by atoms with van der Waals surface area (Å²) in [4.78, 5) is 5.21. The van der Waals surface area contributed by atoms with Crippen molar-refractivity contribution >= 4 is 11.6 Å². The summed E-state index contributed by atoms with van der Waals surface area (Å²) < 4.78 is 4.86. The molecule has 1 aromatic carbocycles. The quantitative estimate of drug-likeness (QED) is 0.601. The second-order valence-corrected chi connectivity index (χ2v) is 3.61. The molecule has 1 aromatic rings. The van der Waals surface area contributed by atoms with Crippen LogP contribution in [0.4, 0.5) is 0 Å². The molecule has 15 heavy (non-hydrogen) atoms. The molecule has 0 fully saturated rings. The van der Waals surface area contributed by atoms with Gasteiger partial charge < -0.3 is 4.74 Å². The van der Waals surface area contributed by atoms with Gasteiger partial charge in [0.2, 0.25) is 0 Å². The first-order valence-electron chi connectivity index (χ1n) is 4.86. The van der Waals surface area contributed by atoms with Gasteiger partial charge in [0.15, 0.2) is 0 Å². The van der Waals surface area contributed by atoms with Crippen LogP contribution in [0.25, 0.3) is 0 Å². The highest BCUT2D eigenvalue weighted by Crippen LogP contribution is 2.21. The van der Waals surface area contributed by atoms with Crippen LogP contribution in [0.15, 0.2) is 24.3 Å². The average molecular weight is 230 g/mol. The molecule has 0 aliphatic rings. The van der Waals surface area contributed by atoms with E-state index >= 15 is 0 Å². The summed E-state index contributed by atoms with van der Waals surface area (Å²) in [6.07, 6.45) is 0. The lowest BCUT2D eigenvalue weighted by atomic mass is 10.1. The van der Waals surface area contributed by atoms with E-state index in [4.69, 9.17) is 21.2 Å². The zero-order chi connectivity index (χ0) is 11.1. The first-order chi connectivity index (χ1) is 7.25. The first-order valence-corrected chi connectivity index (χ1v) is 5.24. The summed E-state index contributed by atoms with van der Waals surface area (Å²) >= 11 is 6.04. The smallest absolute Gasteiger partial charge is 0.0916 e. The van der Waals surface area contributed by atoms with Crippen LogP contribution in [-0.4, -0.2) is 20.3 Å². The van der Waals surface area contributed by atoms with E-state index in [1.807, 2.05) is 31.2 Å². The molecule has 1 atom stereocenters. The van der Waals surface area contributed by atoms with Crippen molar-refractivity contribution in [3.8, 4) is 0 Å². The lowest BCUT2D eigenvalue weighted by Crippen LogP contribution is -2.21. The standard InChI is InChI=1S/C11H16ClNO2/c1-9(13-15-8-7-14-2)10-5-3-4-6-11(10)12/h3-6,9,13H,7-8H2,1-2H3. The highest BCUT2D eigenvalue weighted by atomic mass is 35.5. The fraction of sp³-hybridized carbons (Fsp3) is 0.455. The fourth-order valence-corrected chi connectivity index (χ4v) is 1.50. The topological polar surface area (TPSA) is 30.5 Å². The molecule has 1 unspecified atom stereocenters. The summed E-state index contributed by atoms with van der Waals surface area (Å²) in [6, 6.07) is 7.76. The SMILES string of the molecule is COCCONC(C)c1ccccc1Cl. The second-order valence-electron chi connectivity index (χ2n) is 3.20. The summed E-state index contributed by atoms with van der Waals surface area (Å²) in [7, 11) is 1.64. The molecule has 3 nitrogen and oxygen atoms in total. The van der Waals surface area contributed by atoms with Crippen LogP contribution in [0.2, 0.25) is 5.02 Å². The normalized spacial score (nSPS) is 12.7. The van der Waals surface area contributed by atoms with Gasteiger partial charge in [-0.3, -0.25) is 4.84 Å². The zero-order valence-electron chi connectivity index (χ0n) is 9.00. The molecular weight excluding hydrogens is 214 g/mol. The monoisotopic (exact) mass is 229 g/mol. The molecule has 0 saturated heterocycles. The van der Waals surface area contributed by atoms with Crippen molar-refractivity contribution < 1.29 is 9.57 Å². The minimum absolute atomic E-state index is 0.0653. The molecule has 84 valence electrons. The van der Waals surface area contributed by atoms with Gasteiger partial charge in [-0.2, -0.15) is 5.48 Å². The molecule has 0 spiro atoms. The van der Waals surface area contributed by atoms with Crippen molar-refractivity contribution in [1.82, 2.24) is 5.48 Å². The summed E-state index contributed by atoms with van der Waals surface area (Å²) in [5.41, 5.74) is 3.93. The van der Waals surface area contributed by atoms with Crippen molar-refractivity contribution in [3.63, 3.8) is 0 Å². The van der Waals surface area contributed by atoms with Crippen LogP contribution in [-0.2, 0) is 9.57 Å². The van der Waals surface area contributed by atoms with Gasteiger partial charge >= 0.3 is 0 Å². The number of methoxy groups -OCH3 is 1. The third-order valence-corrected chi connectivity index (χ3v) is 2.37. The molecule has 0 aromatic heterocycles. The van der Waals surface area contributed by atoms with E-state index in [9.17, 15) is 0 Å². The predicted octanol–water partition coefficient (Wildman–Crippen LogP) is 2.57. The lowest BCUT2D eigenvalue weighted by Gasteiger charge is -2.15. The zero-order valence-corrected chi connectivity index (χ0v) is 9.75. The Morgan fingerprint density at radius 1 is 1.33 bits per heavy atom. The molecule has 0 saturated carbocycles. The highest BCUT2D eigenvalue weighted by Gasteiger charge is 2.07. The van der Waals surface area contributed by atoms with Gasteiger partial charge in [0.1, 0.15) is 0 Å². The largest absolute Gasteiger partial charge is 0.382 e. The van der Waals surface area contributed by atoms with E-state index in [0.717, 1.165) is 10.6 Å². The first kappa shape index (κ1) is 12.5. The predicted molar refractivity (Wildman–Crippen MR) is 60.8 cm³/mol. The number of ether oxygens (including phenoxy) is 1. The number of hydrogen-bond acceptors (Lipinski definition) is 3. The maximum atomic E-state index is 6.04. The Bertz CT molecular complexity index is 294. The second kappa shape index (κ2) is 6.80. The van der Waals surface area contributed by atoms with Gasteiger partial charge in [-0.15, -0.1) is 0 Å². The van der Waals surface area contributed by atoms with Gasteiger partial charge in [-0.25, -0.2) is 0 Å². The Labute approximate surface area is 95.3 Å². The van der Waals surface area contributed by atoms with E-state index in [1.54, 1.807) is 7.11 Å². The van der Waals surface area contributed by atoms with Gasteiger partial charge in [0.25, 0.3) is 0 Å². The Morgan fingerprint density at radius 2 is 2.07 bits per heavy atom. The number of nitrogens with one attached hydrogen (secondary N) is 1. The number of rotatable bonds is 6. The van der Waals surface area contributed by atoms with E-state index < -0.39 is 0 Å². The number of benzene rings is 1. The summed E-state index contributed by atoms with van der Waals surface area (Å²) in [6.45, 7) is 3.08. The summed E-state index contributed by atoms with van der Waals surface area (Å²) in [5.74, 6) is 0. The molecule has 0 radical (unpaired) electrons. The van der Waals surface area contributed by atoms with Crippen LogP contribution in [0.1, 0.15) is 18.5 Å². The van der Waals surface area contributed by atoms with E-state index in [-0.39, 0.29) is 6.04 Å². The van der Waals surface area contributed by atoms with E-state index in [0.29, 0.717) is 13.2 Å². The molecule has 0 bridgehead atoms. The minimum atomic E-state index is 0.0653. The Morgan fingerprint density at radius 3 is 2.73 bits per heavy atom. The molecule has 4 heteroatoms. The van der Waals surface area contributed by atoms with E-state index in [1.165, 1.54) is 0 Å².